The van der Waals surface area contributed by atoms with Crippen molar-refractivity contribution in [1.82, 2.24) is 50.7 Å². The van der Waals surface area contributed by atoms with Crippen LogP contribution in [0.25, 0.3) is 0 Å². The second-order valence-corrected chi connectivity index (χ2v) is 25.2. The Morgan fingerprint density at radius 2 is 1.12 bits per heavy atom. The molecule has 0 spiro atoms. The molecular weight excluding hydrogens is 1100 g/mol. The molecule has 22 nitrogen and oxygen atoms in total. The Hall–Kier alpha value is -6.59. The number of likely N-dealkylation sites (tertiary alicyclic amines) is 1. The van der Waals surface area contributed by atoms with Crippen molar-refractivity contribution in [3.63, 3.8) is 0 Å². The summed E-state index contributed by atoms with van der Waals surface area (Å²) in [6.07, 6.45) is 1.15. The highest BCUT2D eigenvalue weighted by atomic mass is 32.2. The summed E-state index contributed by atoms with van der Waals surface area (Å²) in [5.74, 6) is -7.33. The first-order valence-electron chi connectivity index (χ1n) is 29.2. The van der Waals surface area contributed by atoms with Gasteiger partial charge in [0.25, 0.3) is 0 Å². The van der Waals surface area contributed by atoms with Gasteiger partial charge in [-0.25, -0.2) is 0 Å². The van der Waals surface area contributed by atoms with Crippen LogP contribution in [-0.4, -0.2) is 227 Å². The van der Waals surface area contributed by atoms with Crippen LogP contribution in [0.2, 0.25) is 0 Å². The molecule has 9 atom stereocenters. The van der Waals surface area contributed by atoms with E-state index in [1.54, 1.807) is 68.1 Å². The molecule has 2 heterocycles. The average molecular weight is 1190 g/mol. The number of benzene rings is 2. The van der Waals surface area contributed by atoms with Crippen LogP contribution in [0.15, 0.2) is 60.7 Å². The van der Waals surface area contributed by atoms with Crippen molar-refractivity contribution in [3.05, 3.63) is 71.8 Å². The van der Waals surface area contributed by atoms with Crippen molar-refractivity contribution >= 4 is 70.8 Å². The summed E-state index contributed by atoms with van der Waals surface area (Å²) in [5, 5.41) is 22.2. The number of likely N-dealkylation sites (N-methyl/N-ethyl adjacent to an activating group) is 5. The Morgan fingerprint density at radius 1 is 0.607 bits per heavy atom. The Morgan fingerprint density at radius 3 is 1.65 bits per heavy atom. The minimum absolute atomic E-state index is 0.0240. The van der Waals surface area contributed by atoms with E-state index in [0.29, 0.717) is 18.7 Å². The summed E-state index contributed by atoms with van der Waals surface area (Å²) >= 11 is 1.07. The lowest BCUT2D eigenvalue weighted by molar-refractivity contribution is -0.148. The van der Waals surface area contributed by atoms with Gasteiger partial charge < -0.3 is 60.5 Å². The largest absolute Gasteiger partial charge is 0.391 e. The van der Waals surface area contributed by atoms with Crippen LogP contribution in [0.1, 0.15) is 106 Å². The molecule has 1 unspecified atom stereocenters. The van der Waals surface area contributed by atoms with E-state index in [0.717, 1.165) is 41.5 Å². The molecular formula is C61H94N10O12S. The van der Waals surface area contributed by atoms with Crippen LogP contribution in [0.3, 0.4) is 0 Å². The second kappa shape index (κ2) is 32.6. The first kappa shape index (κ1) is 69.9. The van der Waals surface area contributed by atoms with Crippen molar-refractivity contribution in [2.75, 3.05) is 73.0 Å². The summed E-state index contributed by atoms with van der Waals surface area (Å²) in [6.45, 7) is 15.4. The number of hydrogen-bond acceptors (Lipinski definition) is 13. The summed E-state index contributed by atoms with van der Waals surface area (Å²) in [7, 11) is 7.02. The fraction of sp³-hybridized carbons (Fsp3) is 0.639. The quantitative estimate of drug-likeness (QED) is 0.205. The summed E-state index contributed by atoms with van der Waals surface area (Å²) < 4.78 is 6.07. The Kier molecular flexibility index (Phi) is 27.1. The molecule has 0 saturated carbocycles. The Bertz CT molecular complexity index is 2560. The SMILES string of the molecule is CC(C)C[C@H]1C(=O)NC(COC(C)(C)C)C(=O)N[C@H](C(=O)N2CCCCC2)CSCC(=O)N(C)[C@@H](Cc2ccccc2)C(=O)N(C)[C@@H](C)C(=O)N[C@@H](Cc2ccccc2)C(=O)N(C)[C@@H](CC(C)C)C(=O)N[C@@H]([C@@H](C)O)C(=O)N(C)CC(=O)N1C. The maximum absolute atomic E-state index is 14.9. The van der Waals surface area contributed by atoms with E-state index >= 15 is 0 Å². The normalized spacial score (nSPS) is 25.1. The molecule has 5 N–H and O–H groups in total. The topological polar surface area (TPSA) is 268 Å². The fourth-order valence-corrected chi connectivity index (χ4v) is 10.9. The third kappa shape index (κ3) is 20.9. The van der Waals surface area contributed by atoms with Gasteiger partial charge in [-0.3, -0.25) is 47.9 Å². The van der Waals surface area contributed by atoms with Gasteiger partial charge in [0.15, 0.2) is 0 Å². The molecule has 466 valence electrons. The number of thioether (sulfide) groups is 1. The predicted octanol–water partition coefficient (Wildman–Crippen LogP) is 2.24. The van der Waals surface area contributed by atoms with Gasteiger partial charge in [-0.05, 0) is 89.7 Å². The van der Waals surface area contributed by atoms with E-state index in [9.17, 15) is 53.1 Å². The fourth-order valence-electron chi connectivity index (χ4n) is 9.89. The number of aliphatic hydroxyl groups is 1. The predicted molar refractivity (Wildman–Crippen MR) is 322 cm³/mol. The number of aliphatic hydroxyl groups excluding tert-OH is 1. The Balaban J connectivity index is 1.85. The number of amides is 10. The van der Waals surface area contributed by atoms with Gasteiger partial charge in [0.05, 0.1) is 30.6 Å². The van der Waals surface area contributed by atoms with Crippen molar-refractivity contribution in [2.24, 2.45) is 11.8 Å². The van der Waals surface area contributed by atoms with Gasteiger partial charge in [0.1, 0.15) is 48.3 Å². The first-order valence-corrected chi connectivity index (χ1v) is 30.3. The summed E-state index contributed by atoms with van der Waals surface area (Å²) in [6, 6.07) is 7.66. The molecule has 4 rings (SSSR count). The molecule has 0 aliphatic carbocycles. The maximum Gasteiger partial charge on any atom is 0.248 e. The lowest BCUT2D eigenvalue weighted by atomic mass is 9.98. The molecule has 0 radical (unpaired) electrons. The molecule has 2 saturated heterocycles. The van der Waals surface area contributed by atoms with Gasteiger partial charge in [0, 0.05) is 66.9 Å². The molecule has 2 aromatic carbocycles. The molecule has 2 aliphatic rings. The molecule has 84 heavy (non-hydrogen) atoms. The zero-order chi connectivity index (χ0) is 62.7. The maximum atomic E-state index is 14.9. The number of nitrogens with one attached hydrogen (secondary N) is 4. The number of carbonyl (C=O) groups excluding carboxylic acids is 10. The van der Waals surface area contributed by atoms with Crippen molar-refractivity contribution in [2.45, 2.75) is 167 Å². The molecule has 2 aromatic rings. The monoisotopic (exact) mass is 1190 g/mol. The smallest absolute Gasteiger partial charge is 0.248 e. The van der Waals surface area contributed by atoms with Gasteiger partial charge >= 0.3 is 0 Å². The minimum Gasteiger partial charge on any atom is -0.391 e. The zero-order valence-electron chi connectivity index (χ0n) is 51.8. The standard InChI is InChI=1S/C61H94N10O12S/c1-38(2)30-47-55(77)63-45(35-83-61(7,8)9)54(76)64-46(58(80)71-28-22-17-23-29-71)36-84-37-51(74)69(13)49(33-43-26-20-16-21-27-43)59(81)67(11)40(5)53(75)62-44(32-42-24-18-15-19-25-42)57(79)70(14)48(31-39(3)4)56(78)65-52(41(6)72)60(82)66(10)34-50(73)68(47)12/h15-16,18-21,24-27,38-41,44-49,52,72H,17,22-23,28-37H2,1-14H3,(H,62,75)(H,63,77)(H,64,76)(H,65,78)/t40-,41+,44-,45?,46-,47-,48-,49-,52-/m0/s1. The number of nitrogens with zero attached hydrogens (tertiary/aromatic N) is 6. The third-order valence-electron chi connectivity index (χ3n) is 15.2. The second-order valence-electron chi connectivity index (χ2n) is 24.2. The van der Waals surface area contributed by atoms with Crippen LogP contribution >= 0.6 is 11.8 Å². The molecule has 23 heteroatoms. The van der Waals surface area contributed by atoms with E-state index in [-0.39, 0.29) is 61.5 Å². The van der Waals surface area contributed by atoms with Crippen LogP contribution in [0, 0.1) is 11.8 Å². The highest BCUT2D eigenvalue weighted by Gasteiger charge is 2.41. The highest BCUT2D eigenvalue weighted by Crippen LogP contribution is 2.21. The van der Waals surface area contributed by atoms with E-state index in [1.165, 1.54) is 68.7 Å². The van der Waals surface area contributed by atoms with Gasteiger partial charge in [-0.1, -0.05) is 88.4 Å². The molecule has 2 aliphatic heterocycles. The molecule has 0 bridgehead atoms. The van der Waals surface area contributed by atoms with Crippen molar-refractivity contribution in [3.8, 4) is 0 Å². The lowest BCUT2D eigenvalue weighted by Crippen LogP contribution is -2.61. The van der Waals surface area contributed by atoms with Crippen LogP contribution in [0.5, 0.6) is 0 Å². The summed E-state index contributed by atoms with van der Waals surface area (Å²) in [5.41, 5.74) is 0.601. The van der Waals surface area contributed by atoms with Crippen molar-refractivity contribution in [1.29, 1.82) is 0 Å². The lowest BCUT2D eigenvalue weighted by Gasteiger charge is -2.36. The minimum atomic E-state index is -1.62. The third-order valence-corrected chi connectivity index (χ3v) is 16.2. The highest BCUT2D eigenvalue weighted by molar-refractivity contribution is 8.00. The number of ether oxygens (including phenoxy) is 1. The number of hydrogen-bond donors (Lipinski definition) is 5. The first-order chi connectivity index (χ1) is 39.4. The van der Waals surface area contributed by atoms with Gasteiger partial charge in [-0.2, -0.15) is 0 Å². The molecule has 0 aromatic heterocycles. The van der Waals surface area contributed by atoms with Crippen LogP contribution in [-0.2, 0) is 65.5 Å². The van der Waals surface area contributed by atoms with Gasteiger partial charge in [-0.15, -0.1) is 11.8 Å². The van der Waals surface area contributed by atoms with E-state index in [1.807, 2.05) is 45.9 Å². The summed E-state index contributed by atoms with van der Waals surface area (Å²) in [4.78, 5) is 153. The average Bonchev–Trinajstić information content (AvgIpc) is 3.11. The van der Waals surface area contributed by atoms with Gasteiger partial charge in [0.2, 0.25) is 59.1 Å². The van der Waals surface area contributed by atoms with Crippen LogP contribution in [0.4, 0.5) is 0 Å². The van der Waals surface area contributed by atoms with E-state index in [2.05, 4.69) is 21.3 Å². The van der Waals surface area contributed by atoms with Crippen molar-refractivity contribution < 1.29 is 57.8 Å². The molecule has 10 amide bonds. The van der Waals surface area contributed by atoms with Crippen LogP contribution < -0.4 is 21.3 Å². The zero-order valence-corrected chi connectivity index (χ0v) is 52.7. The van der Waals surface area contributed by atoms with E-state index in [4.69, 9.17) is 4.74 Å². The van der Waals surface area contributed by atoms with E-state index < -0.39 is 120 Å². The number of piperidine rings is 1. The molecule has 2 fully saturated rings. The number of carbonyl (C=O) groups is 10. The number of rotatable bonds is 12. The Labute approximate surface area is 501 Å².